The number of aromatic carboxylic acids is 1. The summed E-state index contributed by atoms with van der Waals surface area (Å²) in [4.78, 5) is 189. The molecule has 3 atom stereocenters. The van der Waals surface area contributed by atoms with Gasteiger partial charge in [-0.1, -0.05) is 7.43 Å². The van der Waals surface area contributed by atoms with Gasteiger partial charge in [-0.05, 0) is 150 Å². The number of esters is 5. The number of ether oxygens (including phenoxy) is 8. The fraction of sp³-hybridized carbons (Fsp3) is 0.595. The molecule has 0 radical (unpaired) electrons. The molecule has 3 amide bonds. The van der Waals surface area contributed by atoms with Gasteiger partial charge in [0.1, 0.15) is 85.9 Å². The molecule has 722 valence electrons. The molecule has 3 saturated heterocycles. The maximum Gasteiger partial charge on any atom is 1.00 e. The number of amides is 3. The Bertz CT molecular complexity index is 5030. The molecular formula is C84H124ClK2LiN24O22. The number of aromatic nitrogens is 12. The van der Waals surface area contributed by atoms with Crippen LogP contribution >= 0.6 is 11.6 Å². The average Bonchev–Trinajstić information content (AvgIpc) is 0.786. The molecule has 50 heteroatoms. The molecule has 0 aliphatic carbocycles. The van der Waals surface area contributed by atoms with Crippen molar-refractivity contribution >= 4 is 119 Å². The van der Waals surface area contributed by atoms with E-state index in [2.05, 4.69) is 55.1 Å². The van der Waals surface area contributed by atoms with Crippen LogP contribution in [0.1, 0.15) is 212 Å². The number of hydrogen-bond donors (Lipinski definition) is 5. The van der Waals surface area contributed by atoms with E-state index >= 15 is 0 Å². The molecule has 0 bridgehead atoms. The summed E-state index contributed by atoms with van der Waals surface area (Å²) < 4.78 is 43.1. The first-order valence-corrected chi connectivity index (χ1v) is 42.1. The Hall–Kier alpha value is -8.98. The van der Waals surface area contributed by atoms with Gasteiger partial charge in [0.15, 0.2) is 0 Å². The molecule has 9 N–H and O–H groups in total. The SMILES string of the molecule is C.CC(C)(C)OC(=O)[C@H]1CN(c2ncc3c(n2)CCN(C(=O)OC(C)(C)C)C3)CCN1.CC(C)(C)OC(=O)[C@H]1CN(c2ncc3c(n2)CCN(C(=O)OC(C)(C)C)C3)CCN1c1ncc(C(=O)O)c(N)n1.CCOC(=O)c1cnc(Cl)nc1N.CCOC(=O)c1cnc(N2CCN(c3ncc4c(n3)CCN(C(=O)OC(C)(C)C)C4)C[C@@H]2C(=O)OC(C)(C)C)nc1N.O=CO[O-].[H-].[K+].[K+].[Li+].[OH-]. The molecule has 6 aromatic rings. The number of anilines is 8. The van der Waals surface area contributed by atoms with Crippen molar-refractivity contribution in [2.75, 3.05) is 133 Å². The van der Waals surface area contributed by atoms with Gasteiger partial charge in [0.2, 0.25) is 35.0 Å². The van der Waals surface area contributed by atoms with Gasteiger partial charge in [-0.25, -0.2) is 88.2 Å². The van der Waals surface area contributed by atoms with Gasteiger partial charge < -0.3 is 122 Å². The standard InChI is InChI=1S/C28H40N8O6.C26H36N8O6.C21H33N5O4.C7H8ClN3O2.CH2O3.CH4.2K.Li.H2O.H/c1-8-40-22(37)18-14-31-25(33-21(18)29)36-12-11-34(16-20(36)23(38)41-27(2,3)4)24-30-13-17-15-35(10-9-19(17)32-24)26(39)42-28(5,6)7;1-25(2,3)39-21(37)18-14-32(9-10-34(18)23-29-12-16(20(35)36)19(27)31-23)22-28-11-15-13-33(8-7-17(15)30-22)24(38)40-26(4,5)6;1-20(2,3)29-17(27)16-13-25(10-8-22-16)18-23-11-14-12-26(9-7-15(14)24-18)19(28)30-21(4,5)6;1-2-13-6(12)4-3-10-7(8)11-5(4)9;2-1-4-3;;;;;;/h13-14,20H,8-12,15-16H2,1-7H3,(H2,29,31,33);11-12,18H,7-10,13-14H2,1-6H3,(H,35,36)(H2,27,29,31);11,16,22H,7-10,12-13H2,1-6H3;3H,2H2,1H3,(H2,9,10,11);1,3H;1H4;;;;1H2;/q;;;;;;3*+1;;-1/p-2/t20-;18-;16-;;;;;;;;/m111......../s1. The van der Waals surface area contributed by atoms with E-state index in [4.69, 9.17) is 91.7 Å². The minimum absolute atomic E-state index is 0. The molecule has 0 aromatic carbocycles. The molecule has 12 heterocycles. The zero-order valence-corrected chi connectivity index (χ0v) is 87.0. The van der Waals surface area contributed by atoms with E-state index in [0.717, 1.165) is 40.0 Å². The van der Waals surface area contributed by atoms with Crippen LogP contribution in [-0.2, 0) is 101 Å². The fourth-order valence-electron chi connectivity index (χ4n) is 13.2. The summed E-state index contributed by atoms with van der Waals surface area (Å²) in [6, 6.07) is -2.04. The van der Waals surface area contributed by atoms with Crippen LogP contribution in [-0.4, -0.2) is 289 Å². The average molecular weight is 1940 g/mol. The minimum Gasteiger partial charge on any atom is -1.00 e. The number of carbonyl (C=O) groups excluding carboxylic acids is 9. The molecule has 3 fully saturated rings. The Morgan fingerprint density at radius 1 is 0.455 bits per heavy atom. The number of carbonyl (C=O) groups is 10. The summed E-state index contributed by atoms with van der Waals surface area (Å²) in [5, 5.41) is 20.9. The molecular weight excluding hydrogens is 1820 g/mol. The van der Waals surface area contributed by atoms with Crippen molar-refractivity contribution in [1.82, 2.24) is 79.8 Å². The largest absolute Gasteiger partial charge is 1.00 e. The van der Waals surface area contributed by atoms with Gasteiger partial charge in [0.05, 0.1) is 63.0 Å². The van der Waals surface area contributed by atoms with Gasteiger partial charge in [-0.15, -0.1) is 0 Å². The van der Waals surface area contributed by atoms with Crippen molar-refractivity contribution in [2.45, 2.75) is 237 Å². The number of nitrogens with one attached hydrogen (secondary N) is 1. The van der Waals surface area contributed by atoms with E-state index in [1.54, 1.807) is 98.5 Å². The van der Waals surface area contributed by atoms with Crippen LogP contribution in [0.3, 0.4) is 0 Å². The topological polar surface area (TPSA) is 598 Å². The second kappa shape index (κ2) is 52.0. The van der Waals surface area contributed by atoms with E-state index < -0.39 is 81.6 Å². The molecule has 12 rings (SSSR count). The molecule has 6 aliphatic rings. The molecule has 0 unspecified atom stereocenters. The summed E-state index contributed by atoms with van der Waals surface area (Å²) >= 11 is 5.44. The van der Waals surface area contributed by atoms with Crippen LogP contribution in [0, 0.1) is 0 Å². The minimum atomic E-state index is -1.24. The monoisotopic (exact) mass is 1940 g/mol. The van der Waals surface area contributed by atoms with E-state index in [-0.39, 0.29) is 244 Å². The van der Waals surface area contributed by atoms with Gasteiger partial charge >= 0.3 is 176 Å². The molecule has 46 nitrogen and oxygen atoms in total. The predicted octanol–water partition coefficient (Wildman–Crippen LogP) is -2.97. The molecule has 134 heavy (non-hydrogen) atoms. The number of carboxylic acids is 1. The summed E-state index contributed by atoms with van der Waals surface area (Å²) in [5.74, 6) is -1.96. The van der Waals surface area contributed by atoms with Crippen molar-refractivity contribution in [3.8, 4) is 0 Å². The van der Waals surface area contributed by atoms with E-state index in [1.165, 1.54) is 12.4 Å². The van der Waals surface area contributed by atoms with Crippen LogP contribution in [0.4, 0.5) is 61.6 Å². The van der Waals surface area contributed by atoms with E-state index in [1.807, 2.05) is 97.8 Å². The van der Waals surface area contributed by atoms with Gasteiger partial charge in [-0.2, -0.15) is 9.97 Å². The Morgan fingerprint density at radius 3 is 1.07 bits per heavy atom. The van der Waals surface area contributed by atoms with E-state index in [0.29, 0.717) is 122 Å². The van der Waals surface area contributed by atoms with Crippen LogP contribution in [0.25, 0.3) is 0 Å². The Kier molecular flexibility index (Phi) is 46.2. The van der Waals surface area contributed by atoms with Gasteiger partial charge in [0.25, 0.3) is 6.47 Å². The summed E-state index contributed by atoms with van der Waals surface area (Å²) in [5.41, 5.74) is 18.9. The van der Waals surface area contributed by atoms with E-state index in [9.17, 15) is 48.3 Å². The third kappa shape index (κ3) is 36.2. The molecule has 0 spiro atoms. The summed E-state index contributed by atoms with van der Waals surface area (Å²) in [6.45, 7) is 43.0. The van der Waals surface area contributed by atoms with Crippen LogP contribution in [0.2, 0.25) is 5.28 Å². The number of carboxylic acid groups (broad SMARTS) is 1. The second-order valence-electron chi connectivity index (χ2n) is 36.1. The van der Waals surface area contributed by atoms with Crippen molar-refractivity contribution in [3.05, 3.63) is 92.9 Å². The van der Waals surface area contributed by atoms with Crippen molar-refractivity contribution < 1.29 is 230 Å². The first-order chi connectivity index (χ1) is 60.2. The zero-order valence-electron chi connectivity index (χ0n) is 81.0. The fourth-order valence-corrected chi connectivity index (χ4v) is 13.3. The maximum absolute atomic E-state index is 13.4. The number of piperazine rings is 3. The normalized spacial score (nSPS) is 16.3. The Balaban J connectivity index is 0.000000621. The summed E-state index contributed by atoms with van der Waals surface area (Å²) in [7, 11) is 0. The van der Waals surface area contributed by atoms with Crippen molar-refractivity contribution in [3.63, 3.8) is 0 Å². The van der Waals surface area contributed by atoms with Gasteiger partial charge in [0, 0.05) is 139 Å². The number of halogens is 1. The molecule has 6 aromatic heterocycles. The van der Waals surface area contributed by atoms with Crippen LogP contribution < -0.4 is 174 Å². The zero-order chi connectivity index (χ0) is 95.6. The van der Waals surface area contributed by atoms with Crippen molar-refractivity contribution in [1.29, 1.82) is 0 Å². The first-order valence-electron chi connectivity index (χ1n) is 41.7. The van der Waals surface area contributed by atoms with Crippen molar-refractivity contribution in [2.24, 2.45) is 0 Å². The number of rotatable bonds is 14. The van der Waals surface area contributed by atoms with Gasteiger partial charge in [-0.3, -0.25) is 9.59 Å². The third-order valence-corrected chi connectivity index (χ3v) is 18.9. The third-order valence-electron chi connectivity index (χ3n) is 18.7. The number of nitrogens with zero attached hydrogens (tertiary/aromatic N) is 20. The quantitative estimate of drug-likeness (QED) is 0.0138. The second-order valence-corrected chi connectivity index (χ2v) is 36.4. The molecule has 0 saturated carbocycles. The molecule has 6 aliphatic heterocycles. The maximum atomic E-state index is 13.4. The van der Waals surface area contributed by atoms with Crippen LogP contribution in [0.5, 0.6) is 0 Å². The number of nitrogens with two attached hydrogens (primary N) is 3. The van der Waals surface area contributed by atoms with Crippen LogP contribution in [0.15, 0.2) is 37.2 Å². The first kappa shape index (κ1) is 119. The smallest absolute Gasteiger partial charge is 1.00 e. The predicted molar refractivity (Wildman–Crippen MR) is 476 cm³/mol. The number of fused-ring (bicyclic) bond motifs is 3. The Labute approximate surface area is 882 Å². The number of hydrogen-bond acceptors (Lipinski definition) is 42. The summed E-state index contributed by atoms with van der Waals surface area (Å²) in [6.07, 6.45) is 9.56. The number of nitrogen functional groups attached to an aromatic ring is 3. The Morgan fingerprint density at radius 2 is 0.761 bits per heavy atom.